The molecule has 3 N–H and O–H groups in total. The molecule has 0 aromatic rings. The number of hydrogen-bond donors (Lipinski definition) is 2. The van der Waals surface area contributed by atoms with E-state index in [0.29, 0.717) is -1.10 Å². The van der Waals surface area contributed by atoms with Crippen LogP contribution in [0.15, 0.2) is 5.16 Å². The van der Waals surface area contributed by atoms with Crippen molar-refractivity contribution in [2.75, 3.05) is 0 Å². The molecule has 0 bridgehead atoms. The van der Waals surface area contributed by atoms with Crippen molar-refractivity contribution in [3.05, 3.63) is 0 Å². The van der Waals surface area contributed by atoms with Gasteiger partial charge in [-0.3, -0.25) is 0 Å². The Morgan fingerprint density at radius 3 is 2.20 bits per heavy atom. The first-order valence-electron chi connectivity index (χ1n) is 1.21. The molecule has 0 aromatic carbocycles. The van der Waals surface area contributed by atoms with Crippen molar-refractivity contribution in [3.8, 4) is 0 Å². The molecule has 0 spiro atoms. The number of oxime groups is 1. The van der Waals surface area contributed by atoms with E-state index in [2.05, 4.69) is 5.16 Å². The number of hydrogen-bond acceptors (Lipinski definition) is 2. The fourth-order valence-electron chi connectivity index (χ4n) is 0. The van der Waals surface area contributed by atoms with Crippen LogP contribution in [0.25, 0.3) is 0 Å². The van der Waals surface area contributed by atoms with Gasteiger partial charge in [0.15, 0.2) is 0 Å². The molecular formula is CH3N2ORb. The predicted molar refractivity (Wildman–Crippen MR) is 19.2 cm³/mol. The van der Waals surface area contributed by atoms with E-state index in [9.17, 15) is 0 Å². The Morgan fingerprint density at radius 2 is 2.20 bits per heavy atom. The molecule has 0 aliphatic carbocycles. The molecule has 0 aromatic heterocycles. The summed E-state index contributed by atoms with van der Waals surface area (Å²) >= 11 is 0.211. The van der Waals surface area contributed by atoms with E-state index in [0.717, 1.165) is 0 Å². The van der Waals surface area contributed by atoms with Crippen LogP contribution >= 0.6 is 0 Å². The molecule has 0 fully saturated rings. The molecule has 3 nitrogen and oxygen atoms in total. The van der Waals surface area contributed by atoms with Gasteiger partial charge in [-0.1, -0.05) is 0 Å². The summed E-state index contributed by atoms with van der Waals surface area (Å²) < 4.78 is 0.395. The van der Waals surface area contributed by atoms with E-state index in [-0.39, 0.29) is 55.5 Å². The van der Waals surface area contributed by atoms with Crippen molar-refractivity contribution in [1.29, 1.82) is 0 Å². The topological polar surface area (TPSA) is 58.6 Å². The maximum absolute atomic E-state index is 7.66. The third kappa shape index (κ3) is 5.08. The van der Waals surface area contributed by atoms with Gasteiger partial charge in [-0.15, -0.1) is 0 Å². The zero-order valence-corrected chi connectivity index (χ0v) is 7.89. The summed E-state index contributed by atoms with van der Waals surface area (Å²) in [5.74, 6) is 0. The molecule has 0 radical (unpaired) electrons. The van der Waals surface area contributed by atoms with E-state index >= 15 is 0 Å². The first kappa shape index (κ1) is 6.08. The molecule has 5 heavy (non-hydrogen) atoms. The second-order valence-corrected chi connectivity index (χ2v) is 3.26. The van der Waals surface area contributed by atoms with Crippen LogP contribution in [0, 0.1) is 0 Å². The van der Waals surface area contributed by atoms with Crippen LogP contribution in [0.2, 0.25) is 0 Å². The van der Waals surface area contributed by atoms with Crippen molar-refractivity contribution < 1.29 is 5.21 Å². The van der Waals surface area contributed by atoms with Gasteiger partial charge in [0, 0.05) is 0 Å². The standard InChI is InChI=1S/CH3N2O.Rb/c2-1-3-4;/h4H,(H2,2,3);. The van der Waals surface area contributed by atoms with Crippen LogP contribution in [0.4, 0.5) is 0 Å². The Balaban J connectivity index is 3.14. The van der Waals surface area contributed by atoms with Gasteiger partial charge >= 0.3 is 70.5 Å². The van der Waals surface area contributed by atoms with Crippen molar-refractivity contribution >= 4 is 54.4 Å². The molecule has 0 rings (SSSR count). The van der Waals surface area contributed by atoms with Gasteiger partial charge in [-0.05, 0) is 0 Å². The van der Waals surface area contributed by atoms with Gasteiger partial charge < -0.3 is 0 Å². The third-order valence-corrected chi connectivity index (χ3v) is 0.649. The fraction of sp³-hybridized carbons (Fsp3) is 0. The second kappa shape index (κ2) is 3.27. The normalized spacial score (nSPS) is 12.0. The van der Waals surface area contributed by atoms with Crippen molar-refractivity contribution in [3.63, 3.8) is 0 Å². The van der Waals surface area contributed by atoms with Gasteiger partial charge in [0.1, 0.15) is 0 Å². The fourth-order valence-corrected chi connectivity index (χ4v) is 0. The van der Waals surface area contributed by atoms with Crippen molar-refractivity contribution in [2.24, 2.45) is 10.9 Å². The zero-order valence-electron chi connectivity index (χ0n) is 2.97. The van der Waals surface area contributed by atoms with Gasteiger partial charge in [-0.25, -0.2) is 0 Å². The molecule has 0 atom stereocenters. The molecule has 0 amide bonds. The molecule has 24 valence electrons. The minimum atomic E-state index is 0.211. The Labute approximate surface area is 68.9 Å². The average Bonchev–Trinajstić information content (AvgIpc) is 1.38. The third-order valence-electron chi connectivity index (χ3n) is 0.158. The maximum atomic E-state index is 7.66. The molecule has 0 saturated heterocycles. The van der Waals surface area contributed by atoms with E-state index in [1.54, 1.807) is 0 Å². The summed E-state index contributed by atoms with van der Waals surface area (Å²) in [4.78, 5) is 0. The van der Waals surface area contributed by atoms with E-state index < -0.39 is 0 Å². The Morgan fingerprint density at radius 1 is 2.00 bits per heavy atom. The van der Waals surface area contributed by atoms with E-state index in [1.807, 2.05) is 0 Å². The van der Waals surface area contributed by atoms with Gasteiger partial charge in [0.05, 0.1) is 0 Å². The first-order chi connectivity index (χ1) is 2.27. The summed E-state index contributed by atoms with van der Waals surface area (Å²) in [6, 6.07) is 0. The quantitative estimate of drug-likeness (QED) is 0.195. The molecule has 0 unspecified atom stereocenters. The summed E-state index contributed by atoms with van der Waals surface area (Å²) in [7, 11) is 0. The van der Waals surface area contributed by atoms with Crippen molar-refractivity contribution in [2.45, 2.75) is 0 Å². The Bertz CT molecular complexity index is 47.6. The Kier molecular flexibility index (Phi) is 3.98. The van der Waals surface area contributed by atoms with Crippen LogP contribution in [0.1, 0.15) is 0 Å². The van der Waals surface area contributed by atoms with Crippen LogP contribution < -0.4 is 5.73 Å². The monoisotopic (exact) mass is 144 g/mol. The number of rotatable bonds is 0. The molecule has 0 heterocycles. The second-order valence-electron chi connectivity index (χ2n) is 0.741. The summed E-state index contributed by atoms with van der Waals surface area (Å²) in [5, 5.41) is 10.3. The Hall–Kier alpha value is 1.08. The molecule has 0 saturated carbocycles. The van der Waals surface area contributed by atoms with Crippen LogP contribution in [-0.4, -0.2) is 59.6 Å². The van der Waals surface area contributed by atoms with Gasteiger partial charge in [0.2, 0.25) is 0 Å². The summed E-state index contributed by atoms with van der Waals surface area (Å²) in [6.45, 7) is 0. The minimum absolute atomic E-state index is 0.211. The summed E-state index contributed by atoms with van der Waals surface area (Å²) in [5.41, 5.74) is 4.88. The van der Waals surface area contributed by atoms with Gasteiger partial charge in [0.25, 0.3) is 0 Å². The van der Waals surface area contributed by atoms with E-state index in [4.69, 9.17) is 10.9 Å². The molecule has 4 heteroatoms. The van der Waals surface area contributed by atoms with E-state index in [1.165, 1.54) is 0 Å². The van der Waals surface area contributed by atoms with Crippen LogP contribution in [-0.2, 0) is 0 Å². The first-order valence-corrected chi connectivity index (χ1v) is 3.67. The van der Waals surface area contributed by atoms with Crippen LogP contribution in [0.5, 0.6) is 0 Å². The number of nitrogens with zero attached hydrogens (tertiary/aromatic N) is 1. The molecule has 0 aliphatic rings. The summed E-state index contributed by atoms with van der Waals surface area (Å²) in [6.07, 6.45) is 0. The predicted octanol–water partition coefficient (Wildman–Crippen LogP) is -1.14. The van der Waals surface area contributed by atoms with Crippen molar-refractivity contribution in [1.82, 2.24) is 0 Å². The molecular weight excluding hydrogens is 141 g/mol. The molecule has 0 aliphatic heterocycles. The van der Waals surface area contributed by atoms with Crippen LogP contribution in [0.3, 0.4) is 0 Å². The average molecular weight is 145 g/mol. The van der Waals surface area contributed by atoms with Gasteiger partial charge in [-0.2, -0.15) is 0 Å². The zero-order chi connectivity index (χ0) is 4.28. The number of amidine groups is 1. The SMILES string of the molecule is N/[C]([Rb])=N\O. The number of nitrogens with two attached hydrogens (primary N) is 1.